The van der Waals surface area contributed by atoms with Gasteiger partial charge in [-0.15, -0.1) is 0 Å². The molecule has 0 aliphatic carbocycles. The zero-order valence-electron chi connectivity index (χ0n) is 8.88. The largest absolute Gasteiger partial charge is 0.350 e. The summed E-state index contributed by atoms with van der Waals surface area (Å²) < 4.78 is 0. The molecule has 0 aliphatic rings. The van der Waals surface area contributed by atoms with Gasteiger partial charge in [0, 0.05) is 23.2 Å². The molecule has 0 saturated carbocycles. The van der Waals surface area contributed by atoms with Crippen LogP contribution in [-0.4, -0.2) is 18.5 Å². The maximum atomic E-state index is 11.6. The molecule has 0 fully saturated rings. The Labute approximate surface area is 94.6 Å². The first-order chi connectivity index (χ1) is 6.99. The van der Waals surface area contributed by atoms with Crippen molar-refractivity contribution in [2.45, 2.75) is 19.9 Å². The molecule has 0 bridgehead atoms. The Morgan fingerprint density at radius 3 is 2.73 bits per heavy atom. The average molecular weight is 227 g/mol. The number of rotatable bonds is 3. The van der Waals surface area contributed by atoms with Crippen molar-refractivity contribution in [2.75, 3.05) is 6.54 Å². The number of aryl methyl sites for hydroxylation is 1. The van der Waals surface area contributed by atoms with Gasteiger partial charge in [0.25, 0.3) is 5.91 Å². The Hall–Kier alpha value is -1.06. The maximum absolute atomic E-state index is 11.6. The van der Waals surface area contributed by atoms with E-state index in [0.29, 0.717) is 17.1 Å². The molecular weight excluding hydrogens is 212 g/mol. The Kier molecular flexibility index (Phi) is 4.12. The molecule has 1 aromatic carbocycles. The van der Waals surface area contributed by atoms with E-state index in [-0.39, 0.29) is 11.9 Å². The molecule has 4 heteroatoms. The lowest BCUT2D eigenvalue weighted by molar-refractivity contribution is 0.0951. The highest BCUT2D eigenvalue weighted by atomic mass is 35.5. The summed E-state index contributed by atoms with van der Waals surface area (Å²) in [5.74, 6) is -0.141. The van der Waals surface area contributed by atoms with Gasteiger partial charge in [-0.1, -0.05) is 11.6 Å². The fourth-order valence-corrected chi connectivity index (χ4v) is 1.51. The third-order valence-corrected chi connectivity index (χ3v) is 2.11. The minimum Gasteiger partial charge on any atom is -0.350 e. The molecule has 0 aromatic heterocycles. The molecule has 1 rings (SSSR count). The van der Waals surface area contributed by atoms with Gasteiger partial charge in [0.15, 0.2) is 0 Å². The molecule has 0 heterocycles. The predicted octanol–water partition coefficient (Wildman–Crippen LogP) is 1.73. The molecule has 0 aliphatic heterocycles. The monoisotopic (exact) mass is 226 g/mol. The van der Waals surface area contributed by atoms with Crippen LogP contribution in [0.4, 0.5) is 0 Å². The van der Waals surface area contributed by atoms with E-state index in [2.05, 4.69) is 5.32 Å². The summed E-state index contributed by atoms with van der Waals surface area (Å²) in [6.45, 7) is 4.20. The number of nitrogens with one attached hydrogen (secondary N) is 1. The standard InChI is InChI=1S/C11H15ClN2O/c1-7-3-9(5-10(12)4-7)11(15)14-6-8(2)13/h3-5,8H,6,13H2,1-2H3,(H,14,15). The van der Waals surface area contributed by atoms with Crippen molar-refractivity contribution >= 4 is 17.5 Å². The lowest BCUT2D eigenvalue weighted by Crippen LogP contribution is -2.35. The molecule has 82 valence electrons. The van der Waals surface area contributed by atoms with Crippen LogP contribution in [0.2, 0.25) is 5.02 Å². The Morgan fingerprint density at radius 1 is 1.53 bits per heavy atom. The number of carbonyl (C=O) groups excluding carboxylic acids is 1. The van der Waals surface area contributed by atoms with Crippen LogP contribution < -0.4 is 11.1 Å². The maximum Gasteiger partial charge on any atom is 0.251 e. The molecular formula is C11H15ClN2O. The van der Waals surface area contributed by atoms with E-state index < -0.39 is 0 Å². The van der Waals surface area contributed by atoms with E-state index in [1.54, 1.807) is 12.1 Å². The number of benzene rings is 1. The summed E-state index contributed by atoms with van der Waals surface area (Å²) in [6.07, 6.45) is 0. The van der Waals surface area contributed by atoms with E-state index in [0.717, 1.165) is 5.56 Å². The third kappa shape index (κ3) is 3.90. The normalized spacial score (nSPS) is 12.3. The van der Waals surface area contributed by atoms with E-state index in [1.165, 1.54) is 0 Å². The van der Waals surface area contributed by atoms with E-state index >= 15 is 0 Å². The molecule has 3 nitrogen and oxygen atoms in total. The van der Waals surface area contributed by atoms with Crippen molar-refractivity contribution in [2.24, 2.45) is 5.73 Å². The average Bonchev–Trinajstić information content (AvgIpc) is 2.12. The first kappa shape index (κ1) is 12.0. The van der Waals surface area contributed by atoms with Crippen molar-refractivity contribution in [1.29, 1.82) is 0 Å². The van der Waals surface area contributed by atoms with Crippen LogP contribution in [0.25, 0.3) is 0 Å². The Bertz CT molecular complexity index is 343. The predicted molar refractivity (Wildman–Crippen MR) is 62.2 cm³/mol. The van der Waals surface area contributed by atoms with Crippen LogP contribution in [-0.2, 0) is 0 Å². The van der Waals surface area contributed by atoms with E-state index in [4.69, 9.17) is 17.3 Å². The van der Waals surface area contributed by atoms with Crippen LogP contribution >= 0.6 is 11.6 Å². The summed E-state index contributed by atoms with van der Waals surface area (Å²) in [5.41, 5.74) is 7.07. The molecule has 1 atom stereocenters. The van der Waals surface area contributed by atoms with Gasteiger partial charge in [0.2, 0.25) is 0 Å². The smallest absolute Gasteiger partial charge is 0.251 e. The fourth-order valence-electron chi connectivity index (χ4n) is 1.22. The molecule has 3 N–H and O–H groups in total. The van der Waals surface area contributed by atoms with Crippen LogP contribution in [0.1, 0.15) is 22.8 Å². The van der Waals surface area contributed by atoms with Crippen LogP contribution in [0, 0.1) is 6.92 Å². The van der Waals surface area contributed by atoms with Crippen molar-refractivity contribution < 1.29 is 4.79 Å². The Morgan fingerprint density at radius 2 is 2.20 bits per heavy atom. The first-order valence-electron chi connectivity index (χ1n) is 4.80. The zero-order chi connectivity index (χ0) is 11.4. The van der Waals surface area contributed by atoms with Gasteiger partial charge < -0.3 is 11.1 Å². The fraction of sp³-hybridized carbons (Fsp3) is 0.364. The molecule has 1 unspecified atom stereocenters. The number of amides is 1. The number of nitrogens with two attached hydrogens (primary N) is 1. The summed E-state index contributed by atoms with van der Waals surface area (Å²) >= 11 is 5.85. The van der Waals surface area contributed by atoms with Crippen LogP contribution in [0.3, 0.4) is 0 Å². The third-order valence-electron chi connectivity index (χ3n) is 1.89. The highest BCUT2D eigenvalue weighted by molar-refractivity contribution is 6.31. The van der Waals surface area contributed by atoms with Gasteiger partial charge in [-0.05, 0) is 37.6 Å². The van der Waals surface area contributed by atoms with E-state index in [1.807, 2.05) is 19.9 Å². The van der Waals surface area contributed by atoms with Gasteiger partial charge in [-0.2, -0.15) is 0 Å². The van der Waals surface area contributed by atoms with Crippen LogP contribution in [0.5, 0.6) is 0 Å². The second-order valence-corrected chi connectivity index (χ2v) is 4.14. The van der Waals surface area contributed by atoms with E-state index in [9.17, 15) is 4.79 Å². The number of halogens is 1. The summed E-state index contributed by atoms with van der Waals surface area (Å²) in [6, 6.07) is 5.20. The molecule has 1 amide bonds. The topological polar surface area (TPSA) is 55.1 Å². The van der Waals surface area contributed by atoms with Gasteiger partial charge in [-0.3, -0.25) is 4.79 Å². The number of hydrogen-bond donors (Lipinski definition) is 2. The number of hydrogen-bond acceptors (Lipinski definition) is 2. The van der Waals surface area contributed by atoms with Gasteiger partial charge >= 0.3 is 0 Å². The number of carbonyl (C=O) groups is 1. The van der Waals surface area contributed by atoms with Gasteiger partial charge in [0.1, 0.15) is 0 Å². The first-order valence-corrected chi connectivity index (χ1v) is 5.18. The van der Waals surface area contributed by atoms with Crippen molar-refractivity contribution in [3.8, 4) is 0 Å². The minimum absolute atomic E-state index is 0.0470. The molecule has 0 spiro atoms. The van der Waals surface area contributed by atoms with Gasteiger partial charge in [0.05, 0.1) is 0 Å². The SMILES string of the molecule is Cc1cc(Cl)cc(C(=O)NCC(C)N)c1. The molecule has 0 radical (unpaired) electrons. The zero-order valence-corrected chi connectivity index (χ0v) is 9.64. The lowest BCUT2D eigenvalue weighted by atomic mass is 10.1. The second kappa shape index (κ2) is 5.14. The molecule has 15 heavy (non-hydrogen) atoms. The second-order valence-electron chi connectivity index (χ2n) is 3.70. The van der Waals surface area contributed by atoms with Crippen LogP contribution in [0.15, 0.2) is 18.2 Å². The van der Waals surface area contributed by atoms with Crippen molar-refractivity contribution in [1.82, 2.24) is 5.32 Å². The summed E-state index contributed by atoms with van der Waals surface area (Å²) in [5, 5.41) is 3.30. The summed E-state index contributed by atoms with van der Waals surface area (Å²) in [7, 11) is 0. The highest BCUT2D eigenvalue weighted by Crippen LogP contribution is 2.14. The molecule has 1 aromatic rings. The van der Waals surface area contributed by atoms with Crippen molar-refractivity contribution in [3.63, 3.8) is 0 Å². The quantitative estimate of drug-likeness (QED) is 0.825. The van der Waals surface area contributed by atoms with Gasteiger partial charge in [-0.25, -0.2) is 0 Å². The minimum atomic E-state index is -0.141. The summed E-state index contributed by atoms with van der Waals surface area (Å²) in [4.78, 5) is 11.6. The highest BCUT2D eigenvalue weighted by Gasteiger charge is 2.07. The van der Waals surface area contributed by atoms with Crippen molar-refractivity contribution in [3.05, 3.63) is 34.3 Å². The Balaban J connectivity index is 2.73. The molecule has 0 saturated heterocycles. The lowest BCUT2D eigenvalue weighted by Gasteiger charge is -2.08.